The lowest BCUT2D eigenvalue weighted by Gasteiger charge is -2.28. The van der Waals surface area contributed by atoms with E-state index in [1.54, 1.807) is 6.07 Å². The number of nitrogen functional groups attached to an aromatic ring is 1. The largest absolute Gasteiger partial charge is 0.384 e. The Balaban J connectivity index is 2.65. The minimum absolute atomic E-state index is 0.142. The molecule has 0 atom stereocenters. The summed E-state index contributed by atoms with van der Waals surface area (Å²) in [6.07, 6.45) is 0. The van der Waals surface area contributed by atoms with Gasteiger partial charge in [-0.2, -0.15) is 0 Å². The molecule has 0 radical (unpaired) electrons. The molecule has 1 aromatic heterocycles. The summed E-state index contributed by atoms with van der Waals surface area (Å²) in [4.78, 5) is 10.7. The quantitative estimate of drug-likeness (QED) is 0.753. The lowest BCUT2D eigenvalue weighted by atomic mass is 9.93. The van der Waals surface area contributed by atoms with Crippen LogP contribution in [0.1, 0.15) is 26.6 Å². The topological polar surface area (TPSA) is 76.3 Å². The molecule has 0 aliphatic heterocycles. The van der Waals surface area contributed by atoms with Crippen molar-refractivity contribution in [1.82, 2.24) is 14.9 Å². The molecule has 1 heterocycles. The summed E-state index contributed by atoms with van der Waals surface area (Å²) in [5, 5.41) is 3.33. The summed E-state index contributed by atoms with van der Waals surface area (Å²) in [6, 6.07) is 1.75. The van der Waals surface area contributed by atoms with Crippen molar-refractivity contribution >= 4 is 11.6 Å². The minimum atomic E-state index is 0.142. The lowest BCUT2D eigenvalue weighted by molar-refractivity contribution is 0.128. The Morgan fingerprint density at radius 1 is 1.35 bits per heavy atom. The Morgan fingerprint density at radius 2 is 2.05 bits per heavy atom. The average molecular weight is 281 g/mol. The number of aromatic nitrogens is 2. The SMILES string of the molecule is CCOCc1nc(N)cc(NCC(C)(C)CN(C)C)n1. The lowest BCUT2D eigenvalue weighted by Crippen LogP contribution is -2.34. The summed E-state index contributed by atoms with van der Waals surface area (Å²) in [5.74, 6) is 1.82. The molecule has 0 saturated heterocycles. The molecule has 1 rings (SSSR count). The molecule has 114 valence electrons. The standard InChI is InChI=1S/C14H27N5O/c1-6-20-8-13-17-11(15)7-12(18-13)16-9-14(2,3)10-19(4)5/h7H,6,8-10H2,1-5H3,(H3,15,16,17,18). The van der Waals surface area contributed by atoms with Gasteiger partial charge in [0, 0.05) is 25.8 Å². The van der Waals surface area contributed by atoms with Crippen molar-refractivity contribution < 1.29 is 4.74 Å². The third-order valence-electron chi connectivity index (χ3n) is 2.72. The molecule has 6 nitrogen and oxygen atoms in total. The van der Waals surface area contributed by atoms with Crippen LogP contribution in [0, 0.1) is 5.41 Å². The molecule has 0 saturated carbocycles. The van der Waals surface area contributed by atoms with Gasteiger partial charge in [0.2, 0.25) is 0 Å². The van der Waals surface area contributed by atoms with E-state index < -0.39 is 0 Å². The summed E-state index contributed by atoms with van der Waals surface area (Å²) in [5.41, 5.74) is 5.94. The van der Waals surface area contributed by atoms with Gasteiger partial charge in [-0.25, -0.2) is 9.97 Å². The Labute approximate surface area is 121 Å². The van der Waals surface area contributed by atoms with Crippen molar-refractivity contribution in [3.05, 3.63) is 11.9 Å². The summed E-state index contributed by atoms with van der Waals surface area (Å²) in [6.45, 7) is 9.20. The van der Waals surface area contributed by atoms with Crippen molar-refractivity contribution in [3.63, 3.8) is 0 Å². The fraction of sp³-hybridized carbons (Fsp3) is 0.714. The van der Waals surface area contributed by atoms with E-state index in [1.807, 2.05) is 6.92 Å². The molecule has 0 bridgehead atoms. The van der Waals surface area contributed by atoms with E-state index in [4.69, 9.17) is 10.5 Å². The molecule has 0 aromatic carbocycles. The molecule has 3 N–H and O–H groups in total. The van der Waals surface area contributed by atoms with Crippen molar-refractivity contribution in [3.8, 4) is 0 Å². The van der Waals surface area contributed by atoms with Crippen LogP contribution in [0.2, 0.25) is 0 Å². The van der Waals surface area contributed by atoms with Crippen LogP contribution < -0.4 is 11.1 Å². The molecule has 6 heteroatoms. The highest BCUT2D eigenvalue weighted by Crippen LogP contribution is 2.17. The number of rotatable bonds is 8. The van der Waals surface area contributed by atoms with Gasteiger partial charge in [-0.1, -0.05) is 13.8 Å². The van der Waals surface area contributed by atoms with Crippen LogP contribution in [-0.4, -0.2) is 48.7 Å². The first-order valence-electron chi connectivity index (χ1n) is 6.92. The number of hydrogen-bond donors (Lipinski definition) is 2. The number of nitrogens with two attached hydrogens (primary N) is 1. The molecular formula is C14H27N5O. The second-order valence-corrected chi connectivity index (χ2v) is 5.99. The Kier molecular flexibility index (Phi) is 6.16. The second-order valence-electron chi connectivity index (χ2n) is 5.99. The van der Waals surface area contributed by atoms with Gasteiger partial charge in [-0.3, -0.25) is 0 Å². The second kappa shape index (κ2) is 7.40. The van der Waals surface area contributed by atoms with Gasteiger partial charge in [0.25, 0.3) is 0 Å². The minimum Gasteiger partial charge on any atom is -0.384 e. The van der Waals surface area contributed by atoms with Crippen LogP contribution >= 0.6 is 0 Å². The molecule has 0 unspecified atom stereocenters. The number of hydrogen-bond acceptors (Lipinski definition) is 6. The maximum Gasteiger partial charge on any atom is 0.158 e. The zero-order valence-electron chi connectivity index (χ0n) is 13.2. The number of anilines is 2. The predicted molar refractivity (Wildman–Crippen MR) is 82.6 cm³/mol. The molecule has 0 fully saturated rings. The van der Waals surface area contributed by atoms with Crippen molar-refractivity contribution in [2.45, 2.75) is 27.4 Å². The van der Waals surface area contributed by atoms with Gasteiger partial charge >= 0.3 is 0 Å². The van der Waals surface area contributed by atoms with E-state index in [0.717, 1.165) is 18.9 Å². The van der Waals surface area contributed by atoms with Gasteiger partial charge in [-0.05, 0) is 26.4 Å². The molecule has 0 aliphatic carbocycles. The molecule has 0 amide bonds. The van der Waals surface area contributed by atoms with Crippen LogP contribution in [0.4, 0.5) is 11.6 Å². The maximum atomic E-state index is 5.80. The normalized spacial score (nSPS) is 11.9. The van der Waals surface area contributed by atoms with E-state index in [2.05, 4.69) is 48.1 Å². The van der Waals surface area contributed by atoms with E-state index >= 15 is 0 Å². The first-order valence-corrected chi connectivity index (χ1v) is 6.92. The van der Waals surface area contributed by atoms with Gasteiger partial charge in [0.1, 0.15) is 18.2 Å². The van der Waals surface area contributed by atoms with Crippen LogP contribution in [0.5, 0.6) is 0 Å². The van der Waals surface area contributed by atoms with E-state index in [9.17, 15) is 0 Å². The molecule has 20 heavy (non-hydrogen) atoms. The predicted octanol–water partition coefficient (Wildman–Crippen LogP) is 1.59. The van der Waals surface area contributed by atoms with Gasteiger partial charge < -0.3 is 20.7 Å². The van der Waals surface area contributed by atoms with Gasteiger partial charge in [0.05, 0.1) is 0 Å². The highest BCUT2D eigenvalue weighted by molar-refractivity contribution is 5.44. The van der Waals surface area contributed by atoms with Crippen molar-refractivity contribution in [2.75, 3.05) is 44.8 Å². The monoisotopic (exact) mass is 281 g/mol. The number of nitrogens with zero attached hydrogens (tertiary/aromatic N) is 3. The van der Waals surface area contributed by atoms with Gasteiger partial charge in [0.15, 0.2) is 5.82 Å². The Morgan fingerprint density at radius 3 is 2.65 bits per heavy atom. The smallest absolute Gasteiger partial charge is 0.158 e. The van der Waals surface area contributed by atoms with E-state index in [-0.39, 0.29) is 5.41 Å². The third-order valence-corrected chi connectivity index (χ3v) is 2.72. The summed E-state index contributed by atoms with van der Waals surface area (Å²) in [7, 11) is 4.15. The third kappa shape index (κ3) is 6.16. The fourth-order valence-electron chi connectivity index (χ4n) is 2.11. The fourth-order valence-corrected chi connectivity index (χ4v) is 2.11. The average Bonchev–Trinajstić information content (AvgIpc) is 2.32. The van der Waals surface area contributed by atoms with Crippen LogP contribution in [-0.2, 0) is 11.3 Å². The van der Waals surface area contributed by atoms with Crippen molar-refractivity contribution in [2.24, 2.45) is 5.41 Å². The first kappa shape index (κ1) is 16.7. The molecule has 0 aliphatic rings. The zero-order chi connectivity index (χ0) is 15.2. The Hall–Kier alpha value is -1.40. The van der Waals surface area contributed by atoms with Crippen LogP contribution in [0.15, 0.2) is 6.07 Å². The van der Waals surface area contributed by atoms with Crippen molar-refractivity contribution in [1.29, 1.82) is 0 Å². The van der Waals surface area contributed by atoms with E-state index in [1.165, 1.54) is 0 Å². The molecule has 0 spiro atoms. The Bertz CT molecular complexity index is 420. The zero-order valence-corrected chi connectivity index (χ0v) is 13.2. The number of nitrogens with one attached hydrogen (secondary N) is 1. The van der Waals surface area contributed by atoms with Crippen LogP contribution in [0.25, 0.3) is 0 Å². The molecule has 1 aromatic rings. The highest BCUT2D eigenvalue weighted by atomic mass is 16.5. The highest BCUT2D eigenvalue weighted by Gasteiger charge is 2.19. The molecular weight excluding hydrogens is 254 g/mol. The van der Waals surface area contributed by atoms with E-state index in [0.29, 0.717) is 24.9 Å². The first-order chi connectivity index (χ1) is 9.32. The van der Waals surface area contributed by atoms with Gasteiger partial charge in [-0.15, -0.1) is 0 Å². The maximum absolute atomic E-state index is 5.80. The van der Waals surface area contributed by atoms with Crippen LogP contribution in [0.3, 0.4) is 0 Å². The summed E-state index contributed by atoms with van der Waals surface area (Å²) < 4.78 is 5.31. The summed E-state index contributed by atoms with van der Waals surface area (Å²) >= 11 is 0. The number of ether oxygens (including phenoxy) is 1.